The number of Topliss-reactive ketones (excluding diaryl/α,β-unsaturated/α-hetero) is 1. The molecule has 1 heterocycles. The van der Waals surface area contributed by atoms with Crippen LogP contribution in [-0.2, 0) is 0 Å². The summed E-state index contributed by atoms with van der Waals surface area (Å²) in [4.78, 5) is 26.2. The van der Waals surface area contributed by atoms with Crippen LogP contribution < -0.4 is 5.32 Å². The number of amides is 1. The monoisotopic (exact) mass is 447 g/mol. The fourth-order valence-corrected chi connectivity index (χ4v) is 4.05. The molecule has 1 amide bonds. The second-order valence-corrected chi connectivity index (χ2v) is 8.36. The summed E-state index contributed by atoms with van der Waals surface area (Å²) in [5.74, 6) is 0.354. The molecule has 0 aliphatic rings. The van der Waals surface area contributed by atoms with Gasteiger partial charge in [-0.05, 0) is 49.4 Å². The minimum absolute atomic E-state index is 0.00300. The molecule has 0 unspecified atom stereocenters. The number of benzene rings is 3. The van der Waals surface area contributed by atoms with Gasteiger partial charge >= 0.3 is 0 Å². The maximum absolute atomic E-state index is 12.8. The molecule has 1 aromatic heterocycles. The summed E-state index contributed by atoms with van der Waals surface area (Å²) in [6.07, 6.45) is 0. The Morgan fingerprint density at radius 3 is 2.35 bits per heavy atom. The van der Waals surface area contributed by atoms with Gasteiger partial charge in [0, 0.05) is 25.9 Å². The van der Waals surface area contributed by atoms with E-state index >= 15 is 0 Å². The van der Waals surface area contributed by atoms with E-state index in [-0.39, 0.29) is 17.5 Å². The molecule has 0 aliphatic carbocycles. The Balaban J connectivity index is 1.54. The van der Waals surface area contributed by atoms with E-state index in [1.165, 1.54) is 18.7 Å². The van der Waals surface area contributed by atoms with Crippen molar-refractivity contribution in [1.82, 2.24) is 0 Å². The number of halogens is 1. The van der Waals surface area contributed by atoms with Crippen LogP contribution in [0.25, 0.3) is 11.3 Å². The normalized spacial score (nSPS) is 10.6. The van der Waals surface area contributed by atoms with Crippen LogP contribution in [0.4, 0.5) is 5.69 Å². The summed E-state index contributed by atoms with van der Waals surface area (Å²) in [5, 5.41) is 3.42. The quantitative estimate of drug-likeness (QED) is 0.317. The Kier molecular flexibility index (Phi) is 6.26. The van der Waals surface area contributed by atoms with Crippen molar-refractivity contribution in [3.05, 3.63) is 101 Å². The van der Waals surface area contributed by atoms with Gasteiger partial charge in [-0.25, -0.2) is 0 Å². The number of rotatable bonds is 6. The lowest BCUT2D eigenvalue weighted by Crippen LogP contribution is -2.11. The van der Waals surface area contributed by atoms with Gasteiger partial charge in [0.25, 0.3) is 5.91 Å². The number of nitrogens with one attached hydrogen (secondary N) is 1. The molecule has 4 aromatic rings. The number of furan rings is 1. The first-order chi connectivity index (χ1) is 15.0. The van der Waals surface area contributed by atoms with Gasteiger partial charge in [-0.2, -0.15) is 0 Å². The molecule has 0 spiro atoms. The van der Waals surface area contributed by atoms with E-state index in [2.05, 4.69) is 5.32 Å². The summed E-state index contributed by atoms with van der Waals surface area (Å²) in [7, 11) is 0. The van der Waals surface area contributed by atoms with Crippen molar-refractivity contribution in [3.8, 4) is 11.3 Å². The topological polar surface area (TPSA) is 59.3 Å². The van der Waals surface area contributed by atoms with Crippen molar-refractivity contribution in [2.24, 2.45) is 0 Å². The molecule has 31 heavy (non-hydrogen) atoms. The highest BCUT2D eigenvalue weighted by atomic mass is 35.5. The lowest BCUT2D eigenvalue weighted by molar-refractivity contribution is 0.0994. The van der Waals surface area contributed by atoms with Crippen LogP contribution in [0.2, 0.25) is 5.02 Å². The highest BCUT2D eigenvalue weighted by molar-refractivity contribution is 7.99. The van der Waals surface area contributed by atoms with Crippen LogP contribution in [0.15, 0.2) is 99.1 Å². The third-order valence-electron chi connectivity index (χ3n) is 4.57. The molecule has 3 aromatic carbocycles. The minimum Gasteiger partial charge on any atom is -0.451 e. The number of anilines is 1. The number of hydrogen-bond donors (Lipinski definition) is 1. The zero-order valence-corrected chi connectivity index (χ0v) is 18.2. The van der Waals surface area contributed by atoms with Crippen molar-refractivity contribution >= 4 is 40.7 Å². The van der Waals surface area contributed by atoms with Crippen LogP contribution >= 0.6 is 23.4 Å². The van der Waals surface area contributed by atoms with Gasteiger partial charge in [0.2, 0.25) is 0 Å². The second kappa shape index (κ2) is 9.25. The Hall–Kier alpha value is -3.28. The standard InChI is InChI=1S/C25H18ClNO3S/c1-16(28)17-7-9-18(10-8-17)22-12-13-23(30-22)25(29)27-21-15-19(26)11-14-24(21)31-20-5-3-2-4-6-20/h2-15H,1H3,(H,27,29). The molecule has 4 rings (SSSR count). The number of ketones is 1. The number of hydrogen-bond acceptors (Lipinski definition) is 4. The predicted molar refractivity (Wildman–Crippen MR) is 124 cm³/mol. The molecule has 0 atom stereocenters. The summed E-state index contributed by atoms with van der Waals surface area (Å²) >= 11 is 7.69. The van der Waals surface area contributed by atoms with E-state index in [0.717, 1.165) is 15.4 Å². The number of carbonyl (C=O) groups excluding carboxylic acids is 2. The average molecular weight is 448 g/mol. The van der Waals surface area contributed by atoms with Gasteiger partial charge in [0.15, 0.2) is 11.5 Å². The molecule has 0 fully saturated rings. The van der Waals surface area contributed by atoms with Gasteiger partial charge in [0.05, 0.1) is 5.69 Å². The van der Waals surface area contributed by atoms with Gasteiger partial charge in [-0.3, -0.25) is 9.59 Å². The van der Waals surface area contributed by atoms with Crippen molar-refractivity contribution in [2.45, 2.75) is 16.7 Å². The van der Waals surface area contributed by atoms with Gasteiger partial charge in [-0.1, -0.05) is 65.8 Å². The first-order valence-corrected chi connectivity index (χ1v) is 10.7. The maximum atomic E-state index is 12.8. The van der Waals surface area contributed by atoms with E-state index in [1.807, 2.05) is 36.4 Å². The summed E-state index contributed by atoms with van der Waals surface area (Å²) in [6.45, 7) is 1.52. The zero-order chi connectivity index (χ0) is 21.8. The molecule has 1 N–H and O–H groups in total. The van der Waals surface area contributed by atoms with Crippen LogP contribution in [0.3, 0.4) is 0 Å². The molecule has 6 heteroatoms. The molecule has 0 saturated heterocycles. The molecular weight excluding hydrogens is 430 g/mol. The average Bonchev–Trinajstić information content (AvgIpc) is 3.27. The van der Waals surface area contributed by atoms with E-state index in [9.17, 15) is 9.59 Å². The third kappa shape index (κ3) is 5.08. The van der Waals surface area contributed by atoms with E-state index in [1.54, 1.807) is 48.5 Å². The first-order valence-electron chi connectivity index (χ1n) is 9.54. The highest BCUT2D eigenvalue weighted by Crippen LogP contribution is 2.35. The fraction of sp³-hybridized carbons (Fsp3) is 0.0400. The second-order valence-electron chi connectivity index (χ2n) is 6.81. The molecule has 4 nitrogen and oxygen atoms in total. The van der Waals surface area contributed by atoms with Crippen molar-refractivity contribution in [3.63, 3.8) is 0 Å². The van der Waals surface area contributed by atoms with Crippen molar-refractivity contribution in [2.75, 3.05) is 5.32 Å². The molecule has 0 radical (unpaired) electrons. The predicted octanol–water partition coefficient (Wildman–Crippen LogP) is 7.21. The van der Waals surface area contributed by atoms with Gasteiger partial charge in [0.1, 0.15) is 5.76 Å². The number of carbonyl (C=O) groups is 2. The van der Waals surface area contributed by atoms with Crippen LogP contribution in [0, 0.1) is 0 Å². The minimum atomic E-state index is -0.371. The lowest BCUT2D eigenvalue weighted by atomic mass is 10.1. The smallest absolute Gasteiger partial charge is 0.291 e. The van der Waals surface area contributed by atoms with E-state index in [4.69, 9.17) is 16.0 Å². The first kappa shape index (κ1) is 21.0. The summed E-state index contributed by atoms with van der Waals surface area (Å²) in [6, 6.07) is 25.7. The fourth-order valence-electron chi connectivity index (χ4n) is 2.97. The zero-order valence-electron chi connectivity index (χ0n) is 16.6. The Morgan fingerprint density at radius 1 is 0.903 bits per heavy atom. The van der Waals surface area contributed by atoms with Crippen LogP contribution in [-0.4, -0.2) is 11.7 Å². The van der Waals surface area contributed by atoms with Crippen LogP contribution in [0.1, 0.15) is 27.8 Å². The SMILES string of the molecule is CC(=O)c1ccc(-c2ccc(C(=O)Nc3cc(Cl)ccc3Sc3ccccc3)o2)cc1. The highest BCUT2D eigenvalue weighted by Gasteiger charge is 2.15. The third-order valence-corrected chi connectivity index (χ3v) is 5.89. The van der Waals surface area contributed by atoms with E-state index < -0.39 is 0 Å². The van der Waals surface area contributed by atoms with E-state index in [0.29, 0.717) is 22.0 Å². The Labute approximate surface area is 189 Å². The molecule has 0 bridgehead atoms. The van der Waals surface area contributed by atoms with Gasteiger partial charge < -0.3 is 9.73 Å². The maximum Gasteiger partial charge on any atom is 0.291 e. The largest absolute Gasteiger partial charge is 0.451 e. The van der Waals surface area contributed by atoms with Gasteiger partial charge in [-0.15, -0.1) is 0 Å². The molecule has 0 aliphatic heterocycles. The molecule has 0 saturated carbocycles. The molecule has 154 valence electrons. The van der Waals surface area contributed by atoms with Crippen molar-refractivity contribution < 1.29 is 14.0 Å². The van der Waals surface area contributed by atoms with Crippen molar-refractivity contribution in [1.29, 1.82) is 0 Å². The lowest BCUT2D eigenvalue weighted by Gasteiger charge is -2.10. The summed E-state index contributed by atoms with van der Waals surface area (Å²) in [5.41, 5.74) is 2.01. The van der Waals surface area contributed by atoms with Crippen LogP contribution in [0.5, 0.6) is 0 Å². The molecular formula is C25H18ClNO3S. The Bertz CT molecular complexity index is 1230. The summed E-state index contributed by atoms with van der Waals surface area (Å²) < 4.78 is 5.76. The Morgan fingerprint density at radius 2 is 1.65 bits per heavy atom.